The van der Waals surface area contributed by atoms with Crippen LogP contribution >= 0.6 is 11.8 Å². The minimum Gasteiger partial charge on any atom is -0.493 e. The van der Waals surface area contributed by atoms with E-state index >= 15 is 0 Å². The molecule has 0 saturated carbocycles. The van der Waals surface area contributed by atoms with Crippen molar-refractivity contribution in [2.24, 2.45) is 10.2 Å². The van der Waals surface area contributed by atoms with Crippen LogP contribution in [0.4, 0.5) is 4.39 Å². The average Bonchev–Trinajstić information content (AvgIpc) is 3.08. The number of rotatable bonds is 9. The van der Waals surface area contributed by atoms with Gasteiger partial charge in [-0.15, -0.1) is 5.10 Å². The summed E-state index contributed by atoms with van der Waals surface area (Å²) in [5.74, 6) is 0.942. The van der Waals surface area contributed by atoms with E-state index in [-0.39, 0.29) is 17.0 Å². The van der Waals surface area contributed by atoms with Gasteiger partial charge >= 0.3 is 0 Å². The zero-order valence-electron chi connectivity index (χ0n) is 17.9. The van der Waals surface area contributed by atoms with E-state index in [0.717, 1.165) is 30.4 Å². The molecule has 1 heterocycles. The van der Waals surface area contributed by atoms with Crippen LogP contribution in [0.2, 0.25) is 0 Å². The Kier molecular flexibility index (Phi) is 8.06. The highest BCUT2D eigenvalue weighted by atomic mass is 32.2. The van der Waals surface area contributed by atoms with Crippen molar-refractivity contribution in [3.8, 4) is 11.5 Å². The number of methoxy groups -OCH3 is 2. The molecule has 0 bridgehead atoms. The zero-order chi connectivity index (χ0) is 22.2. The number of benzene rings is 2. The molecule has 0 N–H and O–H groups in total. The lowest BCUT2D eigenvalue weighted by Crippen LogP contribution is -2.31. The van der Waals surface area contributed by atoms with Gasteiger partial charge in [0.1, 0.15) is 5.82 Å². The van der Waals surface area contributed by atoms with E-state index in [0.29, 0.717) is 23.2 Å². The second-order valence-corrected chi connectivity index (χ2v) is 8.21. The van der Waals surface area contributed by atoms with Crippen LogP contribution in [-0.4, -0.2) is 41.7 Å². The summed E-state index contributed by atoms with van der Waals surface area (Å²) in [6.45, 7) is 2.43. The molecule has 1 fully saturated rings. The number of ether oxygens (including phenoxy) is 2. The number of unbranched alkanes of at least 4 members (excludes halogenated alkanes) is 1. The van der Waals surface area contributed by atoms with Crippen LogP contribution in [-0.2, 0) is 11.3 Å². The van der Waals surface area contributed by atoms with Crippen LogP contribution in [0, 0.1) is 5.82 Å². The van der Waals surface area contributed by atoms with Crippen molar-refractivity contribution < 1.29 is 18.7 Å². The van der Waals surface area contributed by atoms with Gasteiger partial charge in [0, 0.05) is 0 Å². The van der Waals surface area contributed by atoms with Gasteiger partial charge in [0.2, 0.25) is 5.91 Å². The molecule has 1 amide bonds. The molecule has 0 radical (unpaired) electrons. The van der Waals surface area contributed by atoms with Crippen molar-refractivity contribution in [2.45, 2.75) is 38.0 Å². The van der Waals surface area contributed by atoms with E-state index in [4.69, 9.17) is 9.47 Å². The van der Waals surface area contributed by atoms with E-state index in [1.807, 2.05) is 6.07 Å². The van der Waals surface area contributed by atoms with Gasteiger partial charge in [-0.05, 0) is 47.9 Å². The lowest BCUT2D eigenvalue weighted by Gasteiger charge is -2.16. The molecule has 0 unspecified atom stereocenters. The number of halogens is 1. The summed E-state index contributed by atoms with van der Waals surface area (Å²) in [6, 6.07) is 11.6. The predicted octanol–water partition coefficient (Wildman–Crippen LogP) is 4.87. The molecule has 1 atom stereocenters. The molecule has 0 aromatic heterocycles. The topological polar surface area (TPSA) is 63.5 Å². The van der Waals surface area contributed by atoms with Gasteiger partial charge in [-0.1, -0.05) is 43.7 Å². The van der Waals surface area contributed by atoms with E-state index in [1.54, 1.807) is 49.6 Å². The molecule has 2 aromatic rings. The largest absolute Gasteiger partial charge is 0.493 e. The molecule has 2 aromatic carbocycles. The second kappa shape index (κ2) is 10.9. The SMILES string of the molecule is CCCC[C@H]1S/C(=N/N=C\c2ccc(OC)c(OC)c2)N(Cc2ccc(F)cc2)C1=O. The number of amides is 1. The first-order valence-electron chi connectivity index (χ1n) is 10.1. The molecular formula is C23H26FN3O3S. The molecule has 1 aliphatic rings. The Labute approximate surface area is 186 Å². The Morgan fingerprint density at radius 1 is 1.13 bits per heavy atom. The van der Waals surface area contributed by atoms with Crippen molar-refractivity contribution in [1.82, 2.24) is 4.90 Å². The van der Waals surface area contributed by atoms with Crippen molar-refractivity contribution in [2.75, 3.05) is 14.2 Å². The third-order valence-corrected chi connectivity index (χ3v) is 6.09. The summed E-state index contributed by atoms with van der Waals surface area (Å²) in [5.41, 5.74) is 1.63. The third-order valence-electron chi connectivity index (χ3n) is 4.85. The van der Waals surface area contributed by atoms with Gasteiger partial charge in [0.25, 0.3) is 0 Å². The zero-order valence-corrected chi connectivity index (χ0v) is 18.7. The molecule has 1 aliphatic heterocycles. The molecule has 3 rings (SSSR count). The van der Waals surface area contributed by atoms with Gasteiger partial charge in [-0.25, -0.2) is 4.39 Å². The van der Waals surface area contributed by atoms with Crippen molar-refractivity contribution in [3.05, 3.63) is 59.4 Å². The fourth-order valence-electron chi connectivity index (χ4n) is 3.15. The predicted molar refractivity (Wildman–Crippen MR) is 122 cm³/mol. The summed E-state index contributed by atoms with van der Waals surface area (Å²) in [6.07, 6.45) is 4.38. The van der Waals surface area contributed by atoms with E-state index in [1.165, 1.54) is 23.9 Å². The first-order valence-corrected chi connectivity index (χ1v) is 11.0. The van der Waals surface area contributed by atoms with E-state index in [9.17, 15) is 9.18 Å². The molecular weight excluding hydrogens is 417 g/mol. The van der Waals surface area contributed by atoms with E-state index in [2.05, 4.69) is 17.1 Å². The van der Waals surface area contributed by atoms with Crippen molar-refractivity contribution in [1.29, 1.82) is 0 Å². The monoisotopic (exact) mass is 443 g/mol. The summed E-state index contributed by atoms with van der Waals surface area (Å²) < 4.78 is 23.8. The van der Waals surface area contributed by atoms with Crippen molar-refractivity contribution in [3.63, 3.8) is 0 Å². The lowest BCUT2D eigenvalue weighted by molar-refractivity contribution is -0.126. The van der Waals surface area contributed by atoms with Crippen LogP contribution in [0.1, 0.15) is 37.3 Å². The maximum absolute atomic E-state index is 13.2. The molecule has 6 nitrogen and oxygen atoms in total. The molecule has 0 spiro atoms. The first-order chi connectivity index (χ1) is 15.0. The quantitative estimate of drug-likeness (QED) is 0.410. The summed E-state index contributed by atoms with van der Waals surface area (Å²) in [4.78, 5) is 14.6. The van der Waals surface area contributed by atoms with Crippen LogP contribution in [0.15, 0.2) is 52.7 Å². The molecule has 31 heavy (non-hydrogen) atoms. The van der Waals surface area contributed by atoms with Crippen molar-refractivity contribution >= 4 is 29.1 Å². The molecule has 1 saturated heterocycles. The van der Waals surface area contributed by atoms with Crippen LogP contribution in [0.25, 0.3) is 0 Å². The smallest absolute Gasteiger partial charge is 0.242 e. The van der Waals surface area contributed by atoms with E-state index < -0.39 is 0 Å². The van der Waals surface area contributed by atoms with Crippen LogP contribution < -0.4 is 9.47 Å². The maximum Gasteiger partial charge on any atom is 0.242 e. The van der Waals surface area contributed by atoms with Gasteiger partial charge in [0.05, 0.1) is 32.2 Å². The number of thioether (sulfide) groups is 1. The number of hydrogen-bond acceptors (Lipinski definition) is 6. The van der Waals surface area contributed by atoms with Gasteiger partial charge in [-0.2, -0.15) is 5.10 Å². The summed E-state index contributed by atoms with van der Waals surface area (Å²) in [7, 11) is 3.15. The Bertz CT molecular complexity index is 963. The number of hydrogen-bond donors (Lipinski definition) is 0. The lowest BCUT2D eigenvalue weighted by atomic mass is 10.1. The number of amidine groups is 1. The fraction of sp³-hybridized carbons (Fsp3) is 0.348. The molecule has 0 aliphatic carbocycles. The van der Waals surface area contributed by atoms with Gasteiger partial charge < -0.3 is 9.47 Å². The summed E-state index contributed by atoms with van der Waals surface area (Å²) >= 11 is 1.43. The van der Waals surface area contributed by atoms with Gasteiger partial charge in [0.15, 0.2) is 16.7 Å². The molecule has 8 heteroatoms. The average molecular weight is 444 g/mol. The highest BCUT2D eigenvalue weighted by molar-refractivity contribution is 8.15. The Morgan fingerprint density at radius 2 is 1.87 bits per heavy atom. The minimum atomic E-state index is -0.305. The highest BCUT2D eigenvalue weighted by Gasteiger charge is 2.37. The normalized spacial score (nSPS) is 17.7. The number of carbonyl (C=O) groups excluding carboxylic acids is 1. The fourth-order valence-corrected chi connectivity index (χ4v) is 4.30. The number of nitrogens with zero attached hydrogens (tertiary/aromatic N) is 3. The maximum atomic E-state index is 13.2. The van der Waals surface area contributed by atoms with Gasteiger partial charge in [-0.3, -0.25) is 9.69 Å². The Morgan fingerprint density at radius 3 is 2.55 bits per heavy atom. The Hall–Kier alpha value is -2.87. The van der Waals surface area contributed by atoms with Crippen LogP contribution in [0.3, 0.4) is 0 Å². The minimum absolute atomic E-state index is 0.0165. The summed E-state index contributed by atoms with van der Waals surface area (Å²) in [5, 5.41) is 8.91. The number of carbonyl (C=O) groups is 1. The third kappa shape index (κ3) is 5.85. The van der Waals surface area contributed by atoms with Crippen LogP contribution in [0.5, 0.6) is 11.5 Å². The highest BCUT2D eigenvalue weighted by Crippen LogP contribution is 2.32. The first kappa shape index (κ1) is 22.8. The standard InChI is InChI=1S/C23H26FN3O3S/c1-4-5-6-21-22(28)27(15-16-7-10-18(24)11-8-16)23(31-21)26-25-14-17-9-12-19(29-2)20(13-17)30-3/h7-14,21H,4-6,15H2,1-3H3/b25-14-,26-23+/t21-/m1/s1. The second-order valence-electron chi connectivity index (χ2n) is 7.04. The Balaban J connectivity index is 1.80. The molecule has 164 valence electrons.